The van der Waals surface area contributed by atoms with E-state index in [1.54, 1.807) is 12.1 Å². The van der Waals surface area contributed by atoms with Gasteiger partial charge < -0.3 is 18.9 Å². The highest BCUT2D eigenvalue weighted by molar-refractivity contribution is 6.01. The van der Waals surface area contributed by atoms with E-state index in [2.05, 4.69) is 21.7 Å². The molecule has 3 aromatic carbocycles. The first kappa shape index (κ1) is 27.3. The summed E-state index contributed by atoms with van der Waals surface area (Å²) in [7, 11) is 5.83. The van der Waals surface area contributed by atoms with Gasteiger partial charge in [-0.25, -0.2) is 0 Å². The fraction of sp³-hybridized carbons (Fsp3) is 0.154. The summed E-state index contributed by atoms with van der Waals surface area (Å²) in [4.78, 5) is 49.5. The zero-order chi connectivity index (χ0) is 27.7. The van der Waals surface area contributed by atoms with Crippen LogP contribution >= 0.6 is 0 Å². The monoisotopic (exact) mass is 522 g/mol. The minimum atomic E-state index is -0.604. The van der Waals surface area contributed by atoms with Gasteiger partial charge in [0.1, 0.15) is 0 Å². The van der Waals surface area contributed by atoms with Crippen molar-refractivity contribution < 1.29 is 38.1 Å². The highest BCUT2D eigenvalue weighted by atomic mass is 16.5. The van der Waals surface area contributed by atoms with Crippen molar-refractivity contribution in [3.8, 4) is 23.0 Å². The number of amides is 4. The van der Waals surface area contributed by atoms with E-state index in [0.717, 1.165) is 0 Å². The van der Waals surface area contributed by atoms with Crippen molar-refractivity contribution in [1.82, 2.24) is 21.7 Å². The van der Waals surface area contributed by atoms with E-state index in [4.69, 9.17) is 18.9 Å². The molecule has 4 N–H and O–H groups in total. The van der Waals surface area contributed by atoms with Gasteiger partial charge in [-0.2, -0.15) is 0 Å². The van der Waals surface area contributed by atoms with Crippen molar-refractivity contribution >= 4 is 23.6 Å². The van der Waals surface area contributed by atoms with E-state index in [0.29, 0.717) is 23.0 Å². The number of methoxy groups -OCH3 is 4. The molecule has 3 aromatic rings. The molecule has 0 atom stereocenters. The summed E-state index contributed by atoms with van der Waals surface area (Å²) in [6, 6.07) is 14.7. The maximum atomic E-state index is 12.4. The second-order valence-corrected chi connectivity index (χ2v) is 7.53. The molecule has 0 radical (unpaired) electrons. The van der Waals surface area contributed by atoms with Gasteiger partial charge in [-0.15, -0.1) is 0 Å². The van der Waals surface area contributed by atoms with Gasteiger partial charge in [0.05, 0.1) is 28.4 Å². The van der Waals surface area contributed by atoms with Gasteiger partial charge in [-0.05, 0) is 60.7 Å². The molecule has 0 unspecified atom stereocenters. The van der Waals surface area contributed by atoms with Gasteiger partial charge in [0.15, 0.2) is 23.0 Å². The fourth-order valence-electron chi connectivity index (χ4n) is 3.24. The van der Waals surface area contributed by atoms with E-state index in [1.807, 2.05) is 0 Å². The summed E-state index contributed by atoms with van der Waals surface area (Å²) in [5, 5.41) is 0. The Balaban J connectivity index is 1.54. The Bertz CT molecular complexity index is 1240. The quantitative estimate of drug-likeness (QED) is 0.327. The molecule has 3 rings (SSSR count). The Morgan fingerprint density at radius 2 is 0.684 bits per heavy atom. The second kappa shape index (κ2) is 12.6. The first-order valence-electron chi connectivity index (χ1n) is 11.1. The number of carbonyl (C=O) groups is 4. The Kier molecular flexibility index (Phi) is 9.08. The molecule has 0 heterocycles. The first-order valence-corrected chi connectivity index (χ1v) is 11.1. The van der Waals surface area contributed by atoms with Crippen LogP contribution < -0.4 is 40.7 Å². The van der Waals surface area contributed by atoms with Crippen molar-refractivity contribution in [1.29, 1.82) is 0 Å². The van der Waals surface area contributed by atoms with Crippen LogP contribution in [0.2, 0.25) is 0 Å². The lowest BCUT2D eigenvalue weighted by Crippen LogP contribution is -2.42. The molecule has 4 amide bonds. The van der Waals surface area contributed by atoms with E-state index >= 15 is 0 Å². The second-order valence-electron chi connectivity index (χ2n) is 7.53. The Morgan fingerprint density at radius 1 is 0.421 bits per heavy atom. The maximum absolute atomic E-state index is 12.4. The predicted molar refractivity (Wildman–Crippen MR) is 135 cm³/mol. The summed E-state index contributed by atoms with van der Waals surface area (Å²) in [5.41, 5.74) is 10.1. The molecule has 0 bridgehead atoms. The molecule has 0 saturated heterocycles. The lowest BCUT2D eigenvalue weighted by molar-refractivity contribution is 0.0844. The molecule has 12 heteroatoms. The largest absolute Gasteiger partial charge is 0.493 e. The number of rotatable bonds is 8. The molecule has 0 fully saturated rings. The maximum Gasteiger partial charge on any atom is 0.269 e. The summed E-state index contributed by atoms with van der Waals surface area (Å²) in [5.74, 6) is -0.711. The van der Waals surface area contributed by atoms with Gasteiger partial charge in [0, 0.05) is 22.3 Å². The topological polar surface area (TPSA) is 153 Å². The average molecular weight is 523 g/mol. The van der Waals surface area contributed by atoms with Crippen LogP contribution in [0.1, 0.15) is 41.4 Å². The zero-order valence-electron chi connectivity index (χ0n) is 21.0. The third-order valence-electron chi connectivity index (χ3n) is 5.28. The van der Waals surface area contributed by atoms with Crippen LogP contribution in [0.3, 0.4) is 0 Å². The molecule has 0 saturated carbocycles. The molecule has 0 aliphatic rings. The molecular formula is C26H26N4O8. The first-order chi connectivity index (χ1) is 18.3. The number of benzene rings is 3. The molecular weight excluding hydrogens is 496 g/mol. The molecule has 0 aromatic heterocycles. The Morgan fingerprint density at radius 3 is 0.974 bits per heavy atom. The van der Waals surface area contributed by atoms with Gasteiger partial charge >= 0.3 is 0 Å². The number of hydrogen-bond acceptors (Lipinski definition) is 8. The average Bonchev–Trinajstić information content (AvgIpc) is 2.97. The van der Waals surface area contributed by atoms with Gasteiger partial charge in [-0.1, -0.05) is 0 Å². The minimum absolute atomic E-state index is 0.184. The van der Waals surface area contributed by atoms with Crippen molar-refractivity contribution in [2.45, 2.75) is 0 Å². The molecule has 0 aliphatic carbocycles. The standard InChI is InChI=1S/C26H26N4O8/c1-35-19-11-9-17(13-21(19)37-3)25(33)29-27-23(31)15-5-7-16(8-6-15)24(32)28-30-26(34)18-10-12-20(36-2)22(14-18)38-4/h5-14H,1-4H3,(H,27,31)(H,28,32)(H,29,33)(H,30,34). The number of carbonyl (C=O) groups excluding carboxylic acids is 4. The molecule has 198 valence electrons. The molecule has 0 spiro atoms. The molecule has 12 nitrogen and oxygen atoms in total. The van der Waals surface area contributed by atoms with Crippen molar-refractivity contribution in [2.24, 2.45) is 0 Å². The van der Waals surface area contributed by atoms with Crippen LogP contribution in [-0.2, 0) is 0 Å². The smallest absolute Gasteiger partial charge is 0.269 e. The molecule has 38 heavy (non-hydrogen) atoms. The Hall–Kier alpha value is -5.26. The third-order valence-corrected chi connectivity index (χ3v) is 5.28. The number of hydrazine groups is 2. The lowest BCUT2D eigenvalue weighted by atomic mass is 10.1. The van der Waals surface area contributed by atoms with E-state index < -0.39 is 23.6 Å². The zero-order valence-corrected chi connectivity index (χ0v) is 21.0. The van der Waals surface area contributed by atoms with Crippen LogP contribution in [0, 0.1) is 0 Å². The van der Waals surface area contributed by atoms with Crippen LogP contribution in [0.5, 0.6) is 23.0 Å². The summed E-state index contributed by atoms with van der Waals surface area (Å²) in [6.07, 6.45) is 0. The van der Waals surface area contributed by atoms with Crippen LogP contribution in [-0.4, -0.2) is 52.1 Å². The van der Waals surface area contributed by atoms with E-state index in [1.165, 1.54) is 77.0 Å². The van der Waals surface area contributed by atoms with Crippen LogP contribution in [0.15, 0.2) is 60.7 Å². The number of hydrogen-bond donors (Lipinski definition) is 4. The normalized spacial score (nSPS) is 10.0. The SMILES string of the molecule is COc1ccc(C(=O)NNC(=O)c2ccc(C(=O)NNC(=O)c3ccc(OC)c(OC)c3)cc2)cc1OC. The number of ether oxygens (including phenoxy) is 4. The lowest BCUT2D eigenvalue weighted by Gasteiger charge is -2.11. The van der Waals surface area contributed by atoms with Crippen LogP contribution in [0.25, 0.3) is 0 Å². The fourth-order valence-corrected chi connectivity index (χ4v) is 3.24. The Labute approximate surface area is 218 Å². The minimum Gasteiger partial charge on any atom is -0.493 e. The highest BCUT2D eigenvalue weighted by Gasteiger charge is 2.15. The summed E-state index contributed by atoms with van der Waals surface area (Å²) in [6.45, 7) is 0. The number of nitrogens with one attached hydrogen (secondary N) is 4. The highest BCUT2D eigenvalue weighted by Crippen LogP contribution is 2.28. The summed E-state index contributed by atoms with van der Waals surface area (Å²) >= 11 is 0. The predicted octanol–water partition coefficient (Wildman–Crippen LogP) is 1.87. The van der Waals surface area contributed by atoms with Crippen molar-refractivity contribution in [3.63, 3.8) is 0 Å². The van der Waals surface area contributed by atoms with Crippen molar-refractivity contribution in [2.75, 3.05) is 28.4 Å². The molecule has 0 aliphatic heterocycles. The van der Waals surface area contributed by atoms with Gasteiger partial charge in [0.25, 0.3) is 23.6 Å². The van der Waals surface area contributed by atoms with E-state index in [9.17, 15) is 19.2 Å². The van der Waals surface area contributed by atoms with Gasteiger partial charge in [0.2, 0.25) is 0 Å². The third kappa shape index (κ3) is 6.49. The summed E-state index contributed by atoms with van der Waals surface area (Å²) < 4.78 is 20.6. The van der Waals surface area contributed by atoms with Crippen molar-refractivity contribution in [3.05, 3.63) is 82.9 Å². The van der Waals surface area contributed by atoms with Crippen LogP contribution in [0.4, 0.5) is 0 Å². The van der Waals surface area contributed by atoms with E-state index in [-0.39, 0.29) is 22.3 Å². The van der Waals surface area contributed by atoms with Gasteiger partial charge in [-0.3, -0.25) is 40.9 Å².